The van der Waals surface area contributed by atoms with Crippen LogP contribution >= 0.6 is 8.25 Å². The smallest absolute Gasteiger partial charge is 0.314 e. The van der Waals surface area contributed by atoms with Crippen molar-refractivity contribution in [1.82, 2.24) is 0 Å². The van der Waals surface area contributed by atoms with Crippen molar-refractivity contribution >= 4 is 38.5 Å². The van der Waals surface area contributed by atoms with Crippen molar-refractivity contribution in [3.8, 4) is 5.75 Å². The van der Waals surface area contributed by atoms with E-state index in [2.05, 4.69) is 35.3 Å². The van der Waals surface area contributed by atoms with E-state index in [9.17, 15) is 0 Å². The molecule has 90 valence electrons. The van der Waals surface area contributed by atoms with Crippen LogP contribution in [-0.2, 0) is 4.57 Å². The zero-order valence-corrected chi connectivity index (χ0v) is 11.5. The summed E-state index contributed by atoms with van der Waals surface area (Å²) in [6.07, 6.45) is 4.21. The van der Waals surface area contributed by atoms with E-state index >= 15 is 0 Å². The van der Waals surface area contributed by atoms with Crippen molar-refractivity contribution in [2.75, 3.05) is 6.61 Å². The third kappa shape index (κ3) is 3.09. The maximum Gasteiger partial charge on any atom is 0.314 e. The molecule has 1 aromatic carbocycles. The van der Waals surface area contributed by atoms with E-state index in [0.717, 1.165) is 12.4 Å². The quantitative estimate of drug-likeness (QED) is 0.573. The maximum absolute atomic E-state index is 8.74. The first-order valence-corrected chi connectivity index (χ1v) is 8.05. The molecule has 2 aromatic rings. The number of hydrogen-bond acceptors (Lipinski definition) is 2. The molecule has 0 unspecified atom stereocenters. The van der Waals surface area contributed by atoms with Gasteiger partial charge in [-0.05, 0) is 0 Å². The zero-order chi connectivity index (χ0) is 12.3. The summed E-state index contributed by atoms with van der Waals surface area (Å²) in [5.74, 6) is 1.12. The van der Waals surface area contributed by atoms with Crippen LogP contribution in [0.15, 0.2) is 29.2 Å². The van der Waals surface area contributed by atoms with E-state index in [-0.39, 0.29) is 0 Å². The molecule has 0 radical (unpaired) electrons. The van der Waals surface area contributed by atoms with Gasteiger partial charge in [0, 0.05) is 0 Å². The van der Waals surface area contributed by atoms with Crippen molar-refractivity contribution in [2.24, 2.45) is 0 Å². The van der Waals surface area contributed by atoms with Gasteiger partial charge in [-0.15, -0.1) is 0 Å². The van der Waals surface area contributed by atoms with E-state index in [1.165, 1.54) is 15.2 Å². The number of fused-ring (bicyclic) bond motifs is 3. The Morgan fingerprint density at radius 1 is 1.29 bits per heavy atom. The molecular formula is C11H11O4PSe. The third-order valence-electron chi connectivity index (χ3n) is 2.23. The maximum atomic E-state index is 8.74. The summed E-state index contributed by atoms with van der Waals surface area (Å²) in [5.41, 5.74) is 1.23. The van der Waals surface area contributed by atoms with Crippen LogP contribution in [0.4, 0.5) is 0 Å². The molecule has 0 spiro atoms. The average Bonchev–Trinajstić information content (AvgIpc) is 2.76. The Hall–Kier alpha value is -0.831. The Kier molecular flexibility index (Phi) is 4.21. The summed E-state index contributed by atoms with van der Waals surface area (Å²) in [4.78, 5) is 16.6. The number of ether oxygens (including phenoxy) is 1. The molecule has 2 heterocycles. The third-order valence-corrected chi connectivity index (χ3v) is 4.18. The molecule has 17 heavy (non-hydrogen) atoms. The van der Waals surface area contributed by atoms with E-state index in [0.29, 0.717) is 14.5 Å². The van der Waals surface area contributed by atoms with Crippen LogP contribution in [0.5, 0.6) is 5.75 Å². The minimum absolute atomic E-state index is 0.478. The van der Waals surface area contributed by atoms with Crippen molar-refractivity contribution in [1.29, 1.82) is 0 Å². The molecule has 1 aromatic heterocycles. The summed E-state index contributed by atoms with van der Waals surface area (Å²) < 4.78 is 15.8. The van der Waals surface area contributed by atoms with Gasteiger partial charge >= 0.3 is 90.4 Å². The van der Waals surface area contributed by atoms with Crippen molar-refractivity contribution < 1.29 is 19.1 Å². The van der Waals surface area contributed by atoms with Crippen LogP contribution in [0.2, 0.25) is 0 Å². The molecule has 0 atom stereocenters. The van der Waals surface area contributed by atoms with Gasteiger partial charge in [-0.2, -0.15) is 0 Å². The van der Waals surface area contributed by atoms with Gasteiger partial charge in [0.05, 0.1) is 0 Å². The minimum Gasteiger partial charge on any atom is -0.326 e. The fraction of sp³-hybridized carbons (Fsp3) is 0.0909. The van der Waals surface area contributed by atoms with E-state index in [4.69, 9.17) is 19.1 Å². The van der Waals surface area contributed by atoms with Gasteiger partial charge in [0.1, 0.15) is 0 Å². The normalized spacial score (nSPS) is 12.9. The Morgan fingerprint density at radius 3 is 2.82 bits per heavy atom. The van der Waals surface area contributed by atoms with E-state index < -0.39 is 8.25 Å². The van der Waals surface area contributed by atoms with Gasteiger partial charge in [-0.25, -0.2) is 0 Å². The standard InChI is InChI=1S/C11H8OSe.H3O3P/c1-2-8-3-4-9-5-7-13-11(9)10(8)12-6-1;1-4(2)3/h1-5,7H,6H2;4H,(H2,1,2,3). The molecular weight excluding hydrogens is 306 g/mol. The first-order chi connectivity index (χ1) is 8.18. The Labute approximate surface area is 105 Å². The fourth-order valence-corrected chi connectivity index (χ4v) is 3.51. The van der Waals surface area contributed by atoms with E-state index in [1.807, 2.05) is 0 Å². The minimum atomic E-state index is -3.13. The van der Waals surface area contributed by atoms with Crippen LogP contribution < -0.4 is 4.74 Å². The molecule has 1 aliphatic rings. The average molecular weight is 317 g/mol. The van der Waals surface area contributed by atoms with Crippen LogP contribution in [-0.4, -0.2) is 30.9 Å². The van der Waals surface area contributed by atoms with Crippen molar-refractivity contribution in [3.05, 3.63) is 34.8 Å². The number of benzene rings is 1. The van der Waals surface area contributed by atoms with Gasteiger partial charge < -0.3 is 9.79 Å². The zero-order valence-electron chi connectivity index (χ0n) is 8.79. The van der Waals surface area contributed by atoms with E-state index in [1.54, 1.807) is 0 Å². The van der Waals surface area contributed by atoms with Crippen molar-refractivity contribution in [2.45, 2.75) is 0 Å². The predicted molar refractivity (Wildman–Crippen MR) is 68.9 cm³/mol. The Morgan fingerprint density at radius 2 is 2.06 bits per heavy atom. The first-order valence-electron chi connectivity index (χ1n) is 4.90. The number of hydrogen-bond donors (Lipinski definition) is 2. The SMILES string of the molecule is C1=Cc2ccc3cc[se]c3c2OC1.O=[PH](O)O. The summed E-state index contributed by atoms with van der Waals surface area (Å²) >= 11 is 0.478. The summed E-state index contributed by atoms with van der Waals surface area (Å²) in [5, 5.41) is 1.34. The van der Waals surface area contributed by atoms with Gasteiger partial charge in [-0.1, -0.05) is 0 Å². The summed E-state index contributed by atoms with van der Waals surface area (Å²) in [6, 6.07) is 6.51. The molecule has 0 aliphatic carbocycles. The van der Waals surface area contributed by atoms with Crippen molar-refractivity contribution in [3.63, 3.8) is 0 Å². The van der Waals surface area contributed by atoms with Gasteiger partial charge in [-0.3, -0.25) is 4.57 Å². The van der Waals surface area contributed by atoms with Gasteiger partial charge in [0.15, 0.2) is 0 Å². The topological polar surface area (TPSA) is 66.8 Å². The Bertz CT molecular complexity index is 572. The molecule has 0 saturated heterocycles. The molecule has 0 amide bonds. The van der Waals surface area contributed by atoms with Gasteiger partial charge in [0.25, 0.3) is 0 Å². The monoisotopic (exact) mass is 318 g/mol. The second-order valence-corrected chi connectivity index (χ2v) is 5.81. The predicted octanol–water partition coefficient (Wildman–Crippen LogP) is 1.66. The summed E-state index contributed by atoms with van der Waals surface area (Å²) in [7, 11) is -3.13. The molecule has 0 fully saturated rings. The molecule has 4 nitrogen and oxygen atoms in total. The first kappa shape index (κ1) is 12.6. The second-order valence-electron chi connectivity index (χ2n) is 3.32. The van der Waals surface area contributed by atoms with Crippen LogP contribution in [0.1, 0.15) is 5.56 Å². The molecule has 1 aliphatic heterocycles. The van der Waals surface area contributed by atoms with Crippen LogP contribution in [0.3, 0.4) is 0 Å². The Balaban J connectivity index is 0.000000239. The largest absolute Gasteiger partial charge is 0.326 e. The van der Waals surface area contributed by atoms with Gasteiger partial charge in [0.2, 0.25) is 0 Å². The molecule has 6 heteroatoms. The molecule has 0 saturated carbocycles. The summed E-state index contributed by atoms with van der Waals surface area (Å²) in [6.45, 7) is 0.722. The van der Waals surface area contributed by atoms with Crippen LogP contribution in [0.25, 0.3) is 15.7 Å². The van der Waals surface area contributed by atoms with Crippen LogP contribution in [0, 0.1) is 0 Å². The molecule has 0 bridgehead atoms. The molecule has 2 N–H and O–H groups in total. The fourth-order valence-electron chi connectivity index (χ4n) is 1.61. The number of rotatable bonds is 0. The second kappa shape index (κ2) is 5.67. The molecule has 3 rings (SSSR count).